The molecular formula is C19H19N3O2. The van der Waals surface area contributed by atoms with Crippen LogP contribution in [0.15, 0.2) is 59.8 Å². The molecule has 1 amide bonds. The molecule has 0 saturated carbocycles. The molecule has 1 aromatic carbocycles. The van der Waals surface area contributed by atoms with Gasteiger partial charge in [-0.15, -0.1) is 0 Å². The number of nitrogens with one attached hydrogen (secondary N) is 3. The minimum Gasteiger partial charge on any atom is -0.360 e. The monoisotopic (exact) mass is 321 g/mol. The molecule has 0 aliphatic rings. The van der Waals surface area contributed by atoms with Crippen LogP contribution in [0.2, 0.25) is 0 Å². The van der Waals surface area contributed by atoms with Crippen molar-refractivity contribution in [2.24, 2.45) is 0 Å². The Labute approximate surface area is 139 Å². The van der Waals surface area contributed by atoms with E-state index in [2.05, 4.69) is 21.9 Å². The first kappa shape index (κ1) is 15.8. The first-order valence-electron chi connectivity index (χ1n) is 7.78. The van der Waals surface area contributed by atoms with E-state index < -0.39 is 0 Å². The van der Waals surface area contributed by atoms with Gasteiger partial charge in [0.2, 0.25) is 0 Å². The number of pyridine rings is 1. The van der Waals surface area contributed by atoms with E-state index in [4.69, 9.17) is 0 Å². The van der Waals surface area contributed by atoms with Gasteiger partial charge in [-0.25, -0.2) is 0 Å². The molecule has 24 heavy (non-hydrogen) atoms. The summed E-state index contributed by atoms with van der Waals surface area (Å²) < 4.78 is 0. The quantitative estimate of drug-likeness (QED) is 0.675. The number of aromatic amines is 2. The van der Waals surface area contributed by atoms with Gasteiger partial charge in [-0.2, -0.15) is 0 Å². The maximum absolute atomic E-state index is 12.5. The lowest BCUT2D eigenvalue weighted by Gasteiger charge is -2.08. The molecule has 2 heterocycles. The molecule has 0 radical (unpaired) electrons. The van der Waals surface area contributed by atoms with Crippen molar-refractivity contribution >= 4 is 16.8 Å². The molecule has 0 aliphatic heterocycles. The third-order valence-electron chi connectivity index (χ3n) is 4.01. The van der Waals surface area contributed by atoms with Crippen molar-refractivity contribution in [1.29, 1.82) is 0 Å². The van der Waals surface area contributed by atoms with Crippen molar-refractivity contribution in [2.75, 3.05) is 0 Å². The Morgan fingerprint density at radius 1 is 1.17 bits per heavy atom. The third kappa shape index (κ3) is 3.15. The minimum absolute atomic E-state index is 0.281. The Balaban J connectivity index is 1.72. The Kier molecular flexibility index (Phi) is 4.33. The Morgan fingerprint density at radius 2 is 1.92 bits per heavy atom. The second-order valence-corrected chi connectivity index (χ2v) is 5.80. The number of carbonyl (C=O) groups excluding carboxylic acids is 1. The number of benzene rings is 1. The summed E-state index contributed by atoms with van der Waals surface area (Å²) in [7, 11) is 0. The number of rotatable bonds is 5. The summed E-state index contributed by atoms with van der Waals surface area (Å²) in [6.45, 7) is 5.78. The highest BCUT2D eigenvalue weighted by molar-refractivity contribution is 6.07. The number of allylic oxidation sites excluding steroid dienone is 1. The highest BCUT2D eigenvalue weighted by Gasteiger charge is 2.16. The number of carbonyl (C=O) groups is 1. The largest absolute Gasteiger partial charge is 0.360 e. The van der Waals surface area contributed by atoms with Gasteiger partial charge in [-0.05, 0) is 30.9 Å². The Hall–Kier alpha value is -3.08. The van der Waals surface area contributed by atoms with Crippen LogP contribution in [0.25, 0.3) is 10.9 Å². The van der Waals surface area contributed by atoms with E-state index in [9.17, 15) is 9.59 Å². The molecule has 5 nitrogen and oxygen atoms in total. The zero-order valence-corrected chi connectivity index (χ0v) is 13.5. The average Bonchev–Trinajstić information content (AvgIpc) is 3.04. The summed E-state index contributed by atoms with van der Waals surface area (Å²) in [4.78, 5) is 30.1. The minimum atomic E-state index is -0.324. The van der Waals surface area contributed by atoms with Crippen molar-refractivity contribution in [3.8, 4) is 0 Å². The molecule has 2 aromatic heterocycles. The van der Waals surface area contributed by atoms with Crippen molar-refractivity contribution in [3.05, 3.63) is 82.0 Å². The van der Waals surface area contributed by atoms with E-state index in [0.29, 0.717) is 28.6 Å². The maximum Gasteiger partial charge on any atom is 0.258 e. The number of amides is 1. The normalized spacial score (nSPS) is 10.7. The summed E-state index contributed by atoms with van der Waals surface area (Å²) in [5.74, 6) is -0.324. The van der Waals surface area contributed by atoms with Crippen LogP contribution in [0.1, 0.15) is 27.9 Å². The van der Waals surface area contributed by atoms with E-state index in [1.54, 1.807) is 12.4 Å². The highest BCUT2D eigenvalue weighted by Crippen LogP contribution is 2.17. The van der Waals surface area contributed by atoms with Gasteiger partial charge in [0, 0.05) is 18.1 Å². The van der Waals surface area contributed by atoms with Gasteiger partial charge in [0.15, 0.2) is 0 Å². The zero-order valence-electron chi connectivity index (χ0n) is 13.5. The summed E-state index contributed by atoms with van der Waals surface area (Å²) in [5, 5.41) is 3.16. The molecule has 3 aromatic rings. The molecule has 0 saturated heterocycles. The lowest BCUT2D eigenvalue weighted by Crippen LogP contribution is -2.23. The Morgan fingerprint density at radius 3 is 2.67 bits per heavy atom. The highest BCUT2D eigenvalue weighted by atomic mass is 16.2. The van der Waals surface area contributed by atoms with Crippen LogP contribution in [-0.2, 0) is 6.42 Å². The first-order chi connectivity index (χ1) is 11.6. The summed E-state index contributed by atoms with van der Waals surface area (Å²) >= 11 is 0. The number of H-pyrrole nitrogens is 2. The van der Waals surface area contributed by atoms with Gasteiger partial charge in [-0.1, -0.05) is 36.9 Å². The first-order valence-corrected chi connectivity index (χ1v) is 7.78. The number of fused-ring (bicyclic) bond motifs is 1. The predicted molar refractivity (Wildman–Crippen MR) is 95.0 cm³/mol. The number of aryl methyl sites for hydroxylation is 2. The van der Waals surface area contributed by atoms with E-state index in [0.717, 1.165) is 12.0 Å². The van der Waals surface area contributed by atoms with Crippen LogP contribution in [-0.4, -0.2) is 15.9 Å². The third-order valence-corrected chi connectivity index (χ3v) is 4.01. The van der Waals surface area contributed by atoms with E-state index in [-0.39, 0.29) is 11.5 Å². The number of hydrogen-bond acceptors (Lipinski definition) is 2. The number of hydrogen-bond donors (Lipinski definition) is 3. The SMILES string of the molecule is C=C(CCc1ccccc1)NC(=O)c1c[nH]c2c(C)c[nH]c(=O)c12. The van der Waals surface area contributed by atoms with E-state index >= 15 is 0 Å². The molecule has 0 aliphatic carbocycles. The molecule has 3 rings (SSSR count). The second kappa shape index (κ2) is 6.58. The topological polar surface area (TPSA) is 77.8 Å². The zero-order chi connectivity index (χ0) is 17.1. The predicted octanol–water partition coefficient (Wildman–Crippen LogP) is 3.04. The van der Waals surface area contributed by atoms with Crippen molar-refractivity contribution in [1.82, 2.24) is 15.3 Å². The van der Waals surface area contributed by atoms with Gasteiger partial charge in [0.1, 0.15) is 0 Å². The van der Waals surface area contributed by atoms with Crippen LogP contribution in [0.3, 0.4) is 0 Å². The van der Waals surface area contributed by atoms with Gasteiger partial charge in [-0.3, -0.25) is 9.59 Å². The fraction of sp³-hybridized carbons (Fsp3) is 0.158. The van der Waals surface area contributed by atoms with Crippen LogP contribution >= 0.6 is 0 Å². The number of aromatic nitrogens is 2. The summed E-state index contributed by atoms with van der Waals surface area (Å²) in [6.07, 6.45) is 4.63. The molecule has 0 fully saturated rings. The average molecular weight is 321 g/mol. The molecule has 122 valence electrons. The van der Waals surface area contributed by atoms with Gasteiger partial charge < -0.3 is 15.3 Å². The molecule has 3 N–H and O–H groups in total. The standard InChI is InChI=1S/C19H19N3O2/c1-12-10-21-19(24)16-15(11-20-17(12)16)18(23)22-13(2)8-9-14-6-4-3-5-7-14/h3-7,10-11,20H,2,8-9H2,1H3,(H,21,24)(H,22,23). The van der Waals surface area contributed by atoms with Gasteiger partial charge in [0.05, 0.1) is 16.5 Å². The lowest BCUT2D eigenvalue weighted by atomic mass is 10.1. The summed E-state index contributed by atoms with van der Waals surface area (Å²) in [6, 6.07) is 10.0. The molecule has 0 unspecified atom stereocenters. The van der Waals surface area contributed by atoms with Crippen LogP contribution in [0.5, 0.6) is 0 Å². The summed E-state index contributed by atoms with van der Waals surface area (Å²) in [5.41, 5.74) is 3.42. The Bertz CT molecular complexity index is 952. The lowest BCUT2D eigenvalue weighted by molar-refractivity contribution is 0.0966. The van der Waals surface area contributed by atoms with Crippen LogP contribution in [0, 0.1) is 6.92 Å². The maximum atomic E-state index is 12.5. The fourth-order valence-electron chi connectivity index (χ4n) is 2.70. The fourth-order valence-corrected chi connectivity index (χ4v) is 2.70. The molecule has 0 spiro atoms. The van der Waals surface area contributed by atoms with Crippen molar-refractivity contribution < 1.29 is 4.79 Å². The second-order valence-electron chi connectivity index (χ2n) is 5.80. The smallest absolute Gasteiger partial charge is 0.258 e. The molecular weight excluding hydrogens is 302 g/mol. The van der Waals surface area contributed by atoms with Gasteiger partial charge >= 0.3 is 0 Å². The van der Waals surface area contributed by atoms with Crippen LogP contribution < -0.4 is 10.9 Å². The molecule has 0 atom stereocenters. The van der Waals surface area contributed by atoms with E-state index in [1.165, 1.54) is 5.56 Å². The van der Waals surface area contributed by atoms with Crippen molar-refractivity contribution in [3.63, 3.8) is 0 Å². The molecule has 0 bridgehead atoms. The van der Waals surface area contributed by atoms with Crippen LogP contribution in [0.4, 0.5) is 0 Å². The van der Waals surface area contributed by atoms with Crippen molar-refractivity contribution in [2.45, 2.75) is 19.8 Å². The molecule has 5 heteroatoms. The van der Waals surface area contributed by atoms with E-state index in [1.807, 2.05) is 37.3 Å². The van der Waals surface area contributed by atoms with Gasteiger partial charge in [0.25, 0.3) is 11.5 Å².